The van der Waals surface area contributed by atoms with E-state index in [9.17, 15) is 8.42 Å². The molecule has 0 atom stereocenters. The predicted molar refractivity (Wildman–Crippen MR) is 80.0 cm³/mol. The lowest BCUT2D eigenvalue weighted by atomic mass is 10.1. The predicted octanol–water partition coefficient (Wildman–Crippen LogP) is 2.71. The summed E-state index contributed by atoms with van der Waals surface area (Å²) in [5.41, 5.74) is 2.62. The Hall–Kier alpha value is -2.14. The second-order valence-corrected chi connectivity index (χ2v) is 6.90. The number of sulfone groups is 1. The molecule has 0 unspecified atom stereocenters. The van der Waals surface area contributed by atoms with Crippen molar-refractivity contribution in [3.63, 3.8) is 0 Å². The van der Waals surface area contributed by atoms with Gasteiger partial charge in [0.05, 0.1) is 5.52 Å². The Bertz CT molecular complexity index is 852. The number of hydrogen-bond donors (Lipinski definition) is 0. The van der Waals surface area contributed by atoms with E-state index in [0.29, 0.717) is 0 Å². The van der Waals surface area contributed by atoms with Crippen LogP contribution in [0, 0.1) is 0 Å². The molecule has 0 radical (unpaired) electrons. The number of rotatable bonds is 3. The van der Waals surface area contributed by atoms with E-state index < -0.39 is 9.84 Å². The minimum atomic E-state index is -3.14. The van der Waals surface area contributed by atoms with Gasteiger partial charge >= 0.3 is 0 Å². The fourth-order valence-corrected chi connectivity index (χ4v) is 2.90. The van der Waals surface area contributed by atoms with Crippen LogP contribution in [0.2, 0.25) is 0 Å². The normalized spacial score (nSPS) is 11.8. The van der Waals surface area contributed by atoms with E-state index in [2.05, 4.69) is 5.10 Å². The van der Waals surface area contributed by atoms with Gasteiger partial charge in [-0.05, 0) is 6.07 Å². The van der Waals surface area contributed by atoms with Crippen LogP contribution >= 0.6 is 0 Å². The summed E-state index contributed by atoms with van der Waals surface area (Å²) in [6, 6.07) is 17.4. The van der Waals surface area contributed by atoms with Crippen LogP contribution in [-0.4, -0.2) is 24.5 Å². The maximum Gasteiger partial charge on any atom is 0.167 e. The van der Waals surface area contributed by atoms with Gasteiger partial charge in [0.15, 0.2) is 9.84 Å². The minimum Gasteiger partial charge on any atom is -0.249 e. The number of benzene rings is 2. The Morgan fingerprint density at radius 3 is 2.35 bits per heavy atom. The van der Waals surface area contributed by atoms with Crippen molar-refractivity contribution < 1.29 is 8.42 Å². The largest absolute Gasteiger partial charge is 0.249 e. The quantitative estimate of drug-likeness (QED) is 0.744. The lowest BCUT2D eigenvalue weighted by Crippen LogP contribution is -2.10. The SMILES string of the molecule is CS(=O)(=O)Cn1nc(-c2ccccc2)c2ccccc21. The zero-order valence-corrected chi connectivity index (χ0v) is 11.8. The van der Waals surface area contributed by atoms with Gasteiger partial charge in [-0.1, -0.05) is 48.5 Å². The molecule has 0 aliphatic carbocycles. The first-order valence-corrected chi connectivity index (χ1v) is 8.29. The maximum absolute atomic E-state index is 11.5. The Balaban J connectivity index is 2.24. The van der Waals surface area contributed by atoms with E-state index in [1.807, 2.05) is 54.6 Å². The van der Waals surface area contributed by atoms with Crippen molar-refractivity contribution >= 4 is 20.7 Å². The highest BCUT2D eigenvalue weighted by Gasteiger charge is 2.14. The van der Waals surface area contributed by atoms with Gasteiger partial charge < -0.3 is 0 Å². The lowest BCUT2D eigenvalue weighted by molar-refractivity contribution is 0.585. The minimum absolute atomic E-state index is 0.111. The van der Waals surface area contributed by atoms with E-state index in [4.69, 9.17) is 0 Å². The van der Waals surface area contributed by atoms with Crippen LogP contribution in [0.25, 0.3) is 22.2 Å². The monoisotopic (exact) mass is 286 g/mol. The first-order chi connectivity index (χ1) is 9.54. The molecule has 0 saturated carbocycles. The summed E-state index contributed by atoms with van der Waals surface area (Å²) >= 11 is 0. The zero-order chi connectivity index (χ0) is 14.2. The molecule has 0 spiro atoms. The van der Waals surface area contributed by atoms with E-state index in [-0.39, 0.29) is 5.88 Å². The topological polar surface area (TPSA) is 52.0 Å². The molecule has 2 aromatic carbocycles. The standard InChI is InChI=1S/C15H14N2O2S/c1-20(18,19)11-17-14-10-6-5-9-13(14)15(16-17)12-7-3-2-4-8-12/h2-10H,11H2,1H3. The van der Waals surface area contributed by atoms with Crippen molar-refractivity contribution in [2.45, 2.75) is 5.88 Å². The van der Waals surface area contributed by atoms with E-state index >= 15 is 0 Å². The maximum atomic E-state index is 11.5. The number of para-hydroxylation sites is 1. The molecule has 0 saturated heterocycles. The Morgan fingerprint density at radius 1 is 1.00 bits per heavy atom. The highest BCUT2D eigenvalue weighted by atomic mass is 32.2. The zero-order valence-electron chi connectivity index (χ0n) is 11.0. The van der Waals surface area contributed by atoms with Gasteiger partial charge in [0.2, 0.25) is 0 Å². The van der Waals surface area contributed by atoms with Gasteiger partial charge in [-0.3, -0.25) is 0 Å². The Kier molecular flexibility index (Phi) is 3.06. The van der Waals surface area contributed by atoms with Crippen molar-refractivity contribution in [3.05, 3.63) is 54.6 Å². The fraction of sp³-hybridized carbons (Fsp3) is 0.133. The first-order valence-electron chi connectivity index (χ1n) is 6.23. The van der Waals surface area contributed by atoms with Crippen LogP contribution in [0.4, 0.5) is 0 Å². The number of fused-ring (bicyclic) bond motifs is 1. The van der Waals surface area contributed by atoms with Gasteiger partial charge in [-0.15, -0.1) is 0 Å². The summed E-state index contributed by atoms with van der Waals surface area (Å²) in [4.78, 5) is 0. The van der Waals surface area contributed by atoms with E-state index in [0.717, 1.165) is 22.2 Å². The summed E-state index contributed by atoms with van der Waals surface area (Å²) in [6.07, 6.45) is 1.21. The third-order valence-electron chi connectivity index (χ3n) is 3.06. The van der Waals surface area contributed by atoms with Crippen molar-refractivity contribution in [3.8, 4) is 11.3 Å². The van der Waals surface area contributed by atoms with Crippen molar-refractivity contribution in [2.24, 2.45) is 0 Å². The molecule has 0 amide bonds. The second-order valence-electron chi connectivity index (χ2n) is 4.79. The number of aromatic nitrogens is 2. The molecular formula is C15H14N2O2S. The molecule has 20 heavy (non-hydrogen) atoms. The van der Waals surface area contributed by atoms with Crippen LogP contribution in [0.15, 0.2) is 54.6 Å². The highest BCUT2D eigenvalue weighted by molar-refractivity contribution is 7.89. The van der Waals surface area contributed by atoms with Crippen molar-refractivity contribution in [2.75, 3.05) is 6.26 Å². The average molecular weight is 286 g/mol. The van der Waals surface area contributed by atoms with Crippen LogP contribution in [0.5, 0.6) is 0 Å². The summed E-state index contributed by atoms with van der Waals surface area (Å²) in [5.74, 6) is -0.111. The van der Waals surface area contributed by atoms with Gasteiger partial charge in [-0.2, -0.15) is 5.10 Å². The average Bonchev–Trinajstić information content (AvgIpc) is 2.77. The van der Waals surface area contributed by atoms with Crippen molar-refractivity contribution in [1.82, 2.24) is 9.78 Å². The molecule has 4 nitrogen and oxygen atoms in total. The highest BCUT2D eigenvalue weighted by Crippen LogP contribution is 2.27. The van der Waals surface area contributed by atoms with Gasteiger partial charge in [0.25, 0.3) is 0 Å². The number of nitrogens with zero attached hydrogens (tertiary/aromatic N) is 2. The molecule has 0 N–H and O–H groups in total. The summed E-state index contributed by atoms with van der Waals surface area (Å²) in [6.45, 7) is 0. The molecule has 0 aliphatic heterocycles. The van der Waals surface area contributed by atoms with E-state index in [1.165, 1.54) is 6.26 Å². The summed E-state index contributed by atoms with van der Waals surface area (Å²) in [7, 11) is -3.14. The van der Waals surface area contributed by atoms with Gasteiger partial charge in [0.1, 0.15) is 11.6 Å². The van der Waals surface area contributed by atoms with Crippen LogP contribution < -0.4 is 0 Å². The summed E-state index contributed by atoms with van der Waals surface area (Å²) in [5, 5.41) is 5.44. The molecule has 102 valence electrons. The number of hydrogen-bond acceptors (Lipinski definition) is 3. The third kappa shape index (κ3) is 2.44. The second kappa shape index (κ2) is 4.76. The van der Waals surface area contributed by atoms with E-state index in [1.54, 1.807) is 4.68 Å². The van der Waals surface area contributed by atoms with Crippen LogP contribution in [0.1, 0.15) is 0 Å². The van der Waals surface area contributed by atoms with Gasteiger partial charge in [0, 0.05) is 17.2 Å². The van der Waals surface area contributed by atoms with Crippen LogP contribution in [-0.2, 0) is 15.7 Å². The van der Waals surface area contributed by atoms with Gasteiger partial charge in [-0.25, -0.2) is 13.1 Å². The van der Waals surface area contributed by atoms with Crippen LogP contribution in [0.3, 0.4) is 0 Å². The molecule has 5 heteroatoms. The fourth-order valence-electron chi connectivity index (χ4n) is 2.26. The molecular weight excluding hydrogens is 272 g/mol. The Morgan fingerprint density at radius 2 is 1.65 bits per heavy atom. The molecule has 1 heterocycles. The third-order valence-corrected chi connectivity index (χ3v) is 3.78. The smallest absolute Gasteiger partial charge is 0.167 e. The molecule has 1 aromatic heterocycles. The summed E-state index contributed by atoms with van der Waals surface area (Å²) < 4.78 is 24.6. The first kappa shape index (κ1) is 12.9. The Labute approximate surface area is 117 Å². The molecule has 3 aromatic rings. The lowest BCUT2D eigenvalue weighted by Gasteiger charge is -2.00. The molecule has 0 bridgehead atoms. The molecule has 3 rings (SSSR count). The van der Waals surface area contributed by atoms with Crippen molar-refractivity contribution in [1.29, 1.82) is 0 Å². The molecule has 0 fully saturated rings. The molecule has 0 aliphatic rings.